The number of nitrogens with one attached hydrogen (secondary N) is 2. The monoisotopic (exact) mass is 242 g/mol. The molecule has 0 aromatic carbocycles. The third-order valence-electron chi connectivity index (χ3n) is 3.01. The topological polar surface area (TPSA) is 59.6 Å². The molecule has 17 heavy (non-hydrogen) atoms. The summed E-state index contributed by atoms with van der Waals surface area (Å²) in [6.07, 6.45) is 2.57. The fourth-order valence-corrected chi connectivity index (χ4v) is 1.87. The van der Waals surface area contributed by atoms with E-state index in [0.717, 1.165) is 12.5 Å². The van der Waals surface area contributed by atoms with Gasteiger partial charge in [0.15, 0.2) is 5.79 Å². The molecule has 1 saturated heterocycles. The lowest BCUT2D eigenvalue weighted by molar-refractivity contribution is -0.139. The van der Waals surface area contributed by atoms with Crippen molar-refractivity contribution >= 4 is 5.91 Å². The molecule has 0 aromatic rings. The maximum absolute atomic E-state index is 11.5. The highest BCUT2D eigenvalue weighted by Gasteiger charge is 2.32. The number of rotatable bonds is 6. The number of amides is 1. The number of ether oxygens (including phenoxy) is 2. The van der Waals surface area contributed by atoms with Crippen LogP contribution in [0.1, 0.15) is 26.7 Å². The van der Waals surface area contributed by atoms with Crippen LogP contribution in [0.5, 0.6) is 0 Å². The van der Waals surface area contributed by atoms with Gasteiger partial charge in [0.05, 0.1) is 13.2 Å². The van der Waals surface area contributed by atoms with Crippen molar-refractivity contribution in [1.82, 2.24) is 10.6 Å². The Hall–Kier alpha value is -0.650. The minimum atomic E-state index is -0.514. The predicted octanol–water partition coefficient (Wildman–Crippen LogP) is 0.254. The fraction of sp³-hybridized carbons (Fsp3) is 0.917. The molecule has 0 aromatic heterocycles. The SMILES string of the molecule is CC1(C)OCC(CNC(=O)CNCC2CC2)O1. The molecule has 1 unspecified atom stereocenters. The van der Waals surface area contributed by atoms with E-state index in [9.17, 15) is 4.79 Å². The number of hydrogen-bond donors (Lipinski definition) is 2. The first kappa shape index (κ1) is 12.8. The molecule has 5 heteroatoms. The Balaban J connectivity index is 1.53. The zero-order valence-corrected chi connectivity index (χ0v) is 10.6. The van der Waals surface area contributed by atoms with Crippen molar-refractivity contribution in [2.24, 2.45) is 5.92 Å². The molecule has 0 spiro atoms. The molecular formula is C12H22N2O3. The van der Waals surface area contributed by atoms with Crippen LogP contribution >= 0.6 is 0 Å². The average Bonchev–Trinajstić information content (AvgIpc) is 3.00. The summed E-state index contributed by atoms with van der Waals surface area (Å²) in [5.74, 6) is 0.314. The minimum Gasteiger partial charge on any atom is -0.352 e. The van der Waals surface area contributed by atoms with E-state index in [1.54, 1.807) is 0 Å². The number of carbonyl (C=O) groups excluding carboxylic acids is 1. The second kappa shape index (κ2) is 5.33. The summed E-state index contributed by atoms with van der Waals surface area (Å²) in [6.45, 7) is 6.19. The predicted molar refractivity (Wildman–Crippen MR) is 63.5 cm³/mol. The van der Waals surface area contributed by atoms with Crippen LogP contribution < -0.4 is 10.6 Å². The van der Waals surface area contributed by atoms with E-state index in [1.807, 2.05) is 13.8 Å². The second-order valence-corrected chi connectivity index (χ2v) is 5.33. The van der Waals surface area contributed by atoms with E-state index in [2.05, 4.69) is 10.6 Å². The van der Waals surface area contributed by atoms with Gasteiger partial charge in [0, 0.05) is 6.54 Å². The van der Waals surface area contributed by atoms with Gasteiger partial charge in [0.2, 0.25) is 5.91 Å². The van der Waals surface area contributed by atoms with Crippen molar-refractivity contribution in [3.05, 3.63) is 0 Å². The van der Waals surface area contributed by atoms with Crippen LogP contribution in [-0.2, 0) is 14.3 Å². The molecule has 98 valence electrons. The molecule has 1 amide bonds. The summed E-state index contributed by atoms with van der Waals surface area (Å²) in [5.41, 5.74) is 0. The lowest BCUT2D eigenvalue weighted by atomic mass is 10.3. The minimum absolute atomic E-state index is 0.0268. The van der Waals surface area contributed by atoms with Crippen LogP contribution in [-0.4, -0.2) is 44.0 Å². The first-order chi connectivity index (χ1) is 8.05. The summed E-state index contributed by atoms with van der Waals surface area (Å²) in [6, 6.07) is 0. The van der Waals surface area contributed by atoms with Gasteiger partial charge in [-0.25, -0.2) is 0 Å². The standard InChI is InChI=1S/C12H22N2O3/c1-12(2)16-8-10(17-12)6-14-11(15)7-13-5-9-3-4-9/h9-10,13H,3-8H2,1-2H3,(H,14,15). The highest BCUT2D eigenvalue weighted by Crippen LogP contribution is 2.27. The third kappa shape index (κ3) is 4.61. The molecule has 1 heterocycles. The maximum Gasteiger partial charge on any atom is 0.234 e. The lowest BCUT2D eigenvalue weighted by Gasteiger charge is -2.17. The van der Waals surface area contributed by atoms with Crippen molar-refractivity contribution < 1.29 is 14.3 Å². The van der Waals surface area contributed by atoms with Crippen LogP contribution in [0, 0.1) is 5.92 Å². The normalized spacial score (nSPS) is 27.1. The molecule has 0 radical (unpaired) electrons. The van der Waals surface area contributed by atoms with E-state index in [0.29, 0.717) is 19.7 Å². The first-order valence-corrected chi connectivity index (χ1v) is 6.34. The van der Waals surface area contributed by atoms with E-state index in [-0.39, 0.29) is 12.0 Å². The molecule has 5 nitrogen and oxygen atoms in total. The summed E-state index contributed by atoms with van der Waals surface area (Å²) >= 11 is 0. The van der Waals surface area contributed by atoms with Crippen LogP contribution in [0.4, 0.5) is 0 Å². The molecule has 2 N–H and O–H groups in total. The molecule has 2 fully saturated rings. The van der Waals surface area contributed by atoms with Crippen LogP contribution in [0.2, 0.25) is 0 Å². The largest absolute Gasteiger partial charge is 0.352 e. The first-order valence-electron chi connectivity index (χ1n) is 6.34. The second-order valence-electron chi connectivity index (χ2n) is 5.33. The molecular weight excluding hydrogens is 220 g/mol. The highest BCUT2D eigenvalue weighted by atomic mass is 16.7. The lowest BCUT2D eigenvalue weighted by Crippen LogP contribution is -2.39. The zero-order chi connectivity index (χ0) is 12.3. The van der Waals surface area contributed by atoms with Crippen LogP contribution in [0.15, 0.2) is 0 Å². The van der Waals surface area contributed by atoms with Gasteiger partial charge in [-0.15, -0.1) is 0 Å². The Bertz CT molecular complexity index is 277. The Morgan fingerprint density at radius 1 is 1.35 bits per heavy atom. The molecule has 1 aliphatic carbocycles. The van der Waals surface area contributed by atoms with Gasteiger partial charge in [-0.1, -0.05) is 0 Å². The van der Waals surface area contributed by atoms with Crippen LogP contribution in [0.25, 0.3) is 0 Å². The van der Waals surface area contributed by atoms with Crippen molar-refractivity contribution in [1.29, 1.82) is 0 Å². The van der Waals surface area contributed by atoms with Gasteiger partial charge < -0.3 is 20.1 Å². The summed E-state index contributed by atoms with van der Waals surface area (Å²) in [5, 5.41) is 6.00. The Labute approximate surface area is 102 Å². The van der Waals surface area contributed by atoms with Crippen molar-refractivity contribution in [2.75, 3.05) is 26.2 Å². The number of carbonyl (C=O) groups is 1. The third-order valence-corrected chi connectivity index (χ3v) is 3.01. The van der Waals surface area contributed by atoms with Crippen molar-refractivity contribution in [3.63, 3.8) is 0 Å². The summed E-state index contributed by atoms with van der Waals surface area (Å²) < 4.78 is 11.0. The van der Waals surface area contributed by atoms with Gasteiger partial charge in [-0.2, -0.15) is 0 Å². The molecule has 2 aliphatic rings. The van der Waals surface area contributed by atoms with Gasteiger partial charge in [0.1, 0.15) is 6.10 Å². The Morgan fingerprint density at radius 2 is 2.12 bits per heavy atom. The zero-order valence-electron chi connectivity index (χ0n) is 10.6. The van der Waals surface area contributed by atoms with Gasteiger partial charge in [0.25, 0.3) is 0 Å². The quantitative estimate of drug-likeness (QED) is 0.701. The maximum atomic E-state index is 11.5. The van der Waals surface area contributed by atoms with Crippen molar-refractivity contribution in [2.45, 2.75) is 38.6 Å². The molecule has 1 atom stereocenters. The van der Waals surface area contributed by atoms with E-state index < -0.39 is 5.79 Å². The van der Waals surface area contributed by atoms with Gasteiger partial charge in [-0.05, 0) is 39.2 Å². The summed E-state index contributed by atoms with van der Waals surface area (Å²) in [4.78, 5) is 11.5. The van der Waals surface area contributed by atoms with Crippen LogP contribution in [0.3, 0.4) is 0 Å². The fourth-order valence-electron chi connectivity index (χ4n) is 1.87. The van der Waals surface area contributed by atoms with Gasteiger partial charge in [-0.3, -0.25) is 4.79 Å². The van der Waals surface area contributed by atoms with E-state index >= 15 is 0 Å². The molecule has 1 saturated carbocycles. The molecule has 1 aliphatic heterocycles. The van der Waals surface area contributed by atoms with Crippen molar-refractivity contribution in [3.8, 4) is 0 Å². The highest BCUT2D eigenvalue weighted by molar-refractivity contribution is 5.77. The number of hydrogen-bond acceptors (Lipinski definition) is 4. The molecule has 0 bridgehead atoms. The van der Waals surface area contributed by atoms with E-state index in [1.165, 1.54) is 12.8 Å². The average molecular weight is 242 g/mol. The van der Waals surface area contributed by atoms with Gasteiger partial charge >= 0.3 is 0 Å². The Kier molecular flexibility index (Phi) is 4.01. The smallest absolute Gasteiger partial charge is 0.234 e. The molecule has 2 rings (SSSR count). The Morgan fingerprint density at radius 3 is 2.71 bits per heavy atom. The van der Waals surface area contributed by atoms with E-state index in [4.69, 9.17) is 9.47 Å². The summed E-state index contributed by atoms with van der Waals surface area (Å²) in [7, 11) is 0.